The highest BCUT2D eigenvalue weighted by atomic mass is 35.5. The van der Waals surface area contributed by atoms with Crippen molar-refractivity contribution in [1.29, 1.82) is 0 Å². The van der Waals surface area contributed by atoms with Crippen LogP contribution in [0.25, 0.3) is 0 Å². The smallest absolute Gasteiger partial charge is 0.253 e. The number of carbonyl (C=O) groups is 1. The first-order chi connectivity index (χ1) is 9.90. The van der Waals surface area contributed by atoms with Crippen molar-refractivity contribution in [1.82, 2.24) is 4.90 Å². The third-order valence-corrected chi connectivity index (χ3v) is 4.82. The van der Waals surface area contributed by atoms with E-state index in [1.807, 2.05) is 6.07 Å². The summed E-state index contributed by atoms with van der Waals surface area (Å²) in [6.45, 7) is 4.58. The Hall–Kier alpha value is -1.22. The van der Waals surface area contributed by atoms with Crippen molar-refractivity contribution in [3.05, 3.63) is 28.8 Å². The normalized spacial score (nSPS) is 25.5. The van der Waals surface area contributed by atoms with Gasteiger partial charge in [0.25, 0.3) is 5.91 Å². The Kier molecular flexibility index (Phi) is 5.15. The van der Waals surface area contributed by atoms with Crippen LogP contribution in [0.15, 0.2) is 18.2 Å². The number of benzene rings is 1. The lowest BCUT2D eigenvalue weighted by atomic mass is 9.78. The number of hydrogen-bond acceptors (Lipinski definition) is 2. The zero-order chi connectivity index (χ0) is 15.6. The molecule has 1 aromatic carbocycles. The first-order valence-electron chi connectivity index (χ1n) is 7.68. The molecule has 1 N–H and O–H groups in total. The van der Waals surface area contributed by atoms with Crippen LogP contribution in [0.2, 0.25) is 5.02 Å². The fourth-order valence-electron chi connectivity index (χ4n) is 3.17. The van der Waals surface area contributed by atoms with Gasteiger partial charge in [-0.25, -0.2) is 0 Å². The summed E-state index contributed by atoms with van der Waals surface area (Å²) in [4.78, 5) is 13.7. The summed E-state index contributed by atoms with van der Waals surface area (Å²) in [5.74, 6) is 1.25. The van der Waals surface area contributed by atoms with Gasteiger partial charge in [0.1, 0.15) is 0 Å². The highest BCUT2D eigenvalue weighted by Crippen LogP contribution is 2.33. The Morgan fingerprint density at radius 2 is 1.86 bits per heavy atom. The average molecular weight is 309 g/mol. The number of amides is 1. The van der Waals surface area contributed by atoms with Gasteiger partial charge in [-0.05, 0) is 42.9 Å². The standard InChI is InChI=1S/C17H25ClN2O/c1-11-6-5-7-12(2)16(11)19-15-10-13(8-9-14(15)18)17(21)20(3)4/h8-12,16,19H,5-7H2,1-4H3. The van der Waals surface area contributed by atoms with Gasteiger partial charge in [-0.1, -0.05) is 31.9 Å². The molecule has 2 unspecified atom stereocenters. The van der Waals surface area contributed by atoms with Crippen LogP contribution in [0, 0.1) is 11.8 Å². The zero-order valence-electron chi connectivity index (χ0n) is 13.3. The van der Waals surface area contributed by atoms with Crippen LogP contribution in [-0.2, 0) is 0 Å². The van der Waals surface area contributed by atoms with E-state index in [1.165, 1.54) is 19.3 Å². The van der Waals surface area contributed by atoms with Crippen LogP contribution in [-0.4, -0.2) is 30.9 Å². The highest BCUT2D eigenvalue weighted by molar-refractivity contribution is 6.33. The number of anilines is 1. The lowest BCUT2D eigenvalue weighted by Gasteiger charge is -2.36. The minimum absolute atomic E-state index is 0.000502. The minimum atomic E-state index is -0.000502. The van der Waals surface area contributed by atoms with Crippen molar-refractivity contribution >= 4 is 23.2 Å². The first kappa shape index (κ1) is 16.2. The Balaban J connectivity index is 2.22. The van der Waals surface area contributed by atoms with Crippen LogP contribution in [0.1, 0.15) is 43.5 Å². The molecule has 1 fully saturated rings. The lowest BCUT2D eigenvalue weighted by Crippen LogP contribution is -2.37. The quantitative estimate of drug-likeness (QED) is 0.904. The Bertz CT molecular complexity index is 506. The lowest BCUT2D eigenvalue weighted by molar-refractivity contribution is 0.0827. The molecule has 1 aromatic rings. The second kappa shape index (κ2) is 6.69. The van der Waals surface area contributed by atoms with Gasteiger partial charge in [0.05, 0.1) is 10.7 Å². The van der Waals surface area contributed by atoms with E-state index in [4.69, 9.17) is 11.6 Å². The molecule has 3 nitrogen and oxygen atoms in total. The molecular formula is C17H25ClN2O. The molecule has 0 aliphatic heterocycles. The van der Waals surface area contributed by atoms with Gasteiger partial charge in [-0.2, -0.15) is 0 Å². The number of nitrogens with one attached hydrogen (secondary N) is 1. The summed E-state index contributed by atoms with van der Waals surface area (Å²) in [5.41, 5.74) is 1.54. The summed E-state index contributed by atoms with van der Waals surface area (Å²) in [6, 6.07) is 5.88. The number of rotatable bonds is 3. The fraction of sp³-hybridized carbons (Fsp3) is 0.588. The zero-order valence-corrected chi connectivity index (χ0v) is 14.1. The van der Waals surface area contributed by atoms with Crippen LogP contribution in [0.4, 0.5) is 5.69 Å². The van der Waals surface area contributed by atoms with Crippen LogP contribution in [0.5, 0.6) is 0 Å². The molecule has 0 saturated heterocycles. The maximum atomic E-state index is 12.1. The number of nitrogens with zero attached hydrogens (tertiary/aromatic N) is 1. The van der Waals surface area contributed by atoms with Crippen molar-refractivity contribution in [2.75, 3.05) is 19.4 Å². The van der Waals surface area contributed by atoms with Crippen LogP contribution >= 0.6 is 11.6 Å². The number of hydrogen-bond donors (Lipinski definition) is 1. The Morgan fingerprint density at radius 3 is 2.43 bits per heavy atom. The molecule has 21 heavy (non-hydrogen) atoms. The van der Waals surface area contributed by atoms with Crippen molar-refractivity contribution in [2.24, 2.45) is 11.8 Å². The molecule has 0 radical (unpaired) electrons. The van der Waals surface area contributed by atoms with Crippen molar-refractivity contribution in [2.45, 2.75) is 39.2 Å². The summed E-state index contributed by atoms with van der Waals surface area (Å²) < 4.78 is 0. The summed E-state index contributed by atoms with van der Waals surface area (Å²) in [6.07, 6.45) is 3.79. The molecule has 1 saturated carbocycles. The van der Waals surface area contributed by atoms with Gasteiger partial charge >= 0.3 is 0 Å². The molecule has 0 bridgehead atoms. The molecule has 0 spiro atoms. The minimum Gasteiger partial charge on any atom is -0.381 e. The SMILES string of the molecule is CC1CCCC(C)C1Nc1cc(C(=O)N(C)C)ccc1Cl. The van der Waals surface area contributed by atoms with E-state index < -0.39 is 0 Å². The molecule has 1 amide bonds. The highest BCUT2D eigenvalue weighted by Gasteiger charge is 2.28. The van der Waals surface area contributed by atoms with Crippen molar-refractivity contribution in [3.63, 3.8) is 0 Å². The monoisotopic (exact) mass is 308 g/mol. The van der Waals surface area contributed by atoms with Crippen molar-refractivity contribution in [3.8, 4) is 0 Å². The molecule has 0 heterocycles. The van der Waals surface area contributed by atoms with E-state index in [9.17, 15) is 4.79 Å². The third-order valence-electron chi connectivity index (χ3n) is 4.49. The molecule has 1 aliphatic carbocycles. The van der Waals surface area contributed by atoms with E-state index in [1.54, 1.807) is 31.1 Å². The van der Waals surface area contributed by atoms with Crippen molar-refractivity contribution < 1.29 is 4.79 Å². The average Bonchev–Trinajstić information content (AvgIpc) is 2.44. The van der Waals surface area contributed by atoms with Gasteiger partial charge in [0.2, 0.25) is 0 Å². The van der Waals surface area contributed by atoms with Gasteiger partial charge < -0.3 is 10.2 Å². The predicted octanol–water partition coefficient (Wildman–Crippen LogP) is 4.28. The van der Waals surface area contributed by atoms with Gasteiger partial charge in [-0.3, -0.25) is 4.79 Å². The number of carbonyl (C=O) groups excluding carboxylic acids is 1. The summed E-state index contributed by atoms with van der Waals surface area (Å²) >= 11 is 6.31. The van der Waals surface area contributed by atoms with Gasteiger partial charge in [0, 0.05) is 25.7 Å². The molecule has 4 heteroatoms. The Morgan fingerprint density at radius 1 is 1.24 bits per heavy atom. The topological polar surface area (TPSA) is 32.3 Å². The van der Waals surface area contributed by atoms with Crippen LogP contribution < -0.4 is 5.32 Å². The van der Waals surface area contributed by atoms with Gasteiger partial charge in [-0.15, -0.1) is 0 Å². The van der Waals surface area contributed by atoms with Crippen LogP contribution in [0.3, 0.4) is 0 Å². The molecular weight excluding hydrogens is 284 g/mol. The second-order valence-corrected chi connectivity index (χ2v) is 6.86. The van der Waals surface area contributed by atoms with E-state index in [0.29, 0.717) is 28.5 Å². The van der Waals surface area contributed by atoms with E-state index in [-0.39, 0.29) is 5.91 Å². The Labute approximate surface area is 132 Å². The summed E-state index contributed by atoms with van der Waals surface area (Å²) in [5, 5.41) is 4.26. The molecule has 2 rings (SSSR count). The largest absolute Gasteiger partial charge is 0.381 e. The number of halogens is 1. The molecule has 1 aliphatic rings. The maximum absolute atomic E-state index is 12.1. The first-order valence-corrected chi connectivity index (χ1v) is 8.05. The molecule has 0 aromatic heterocycles. The fourth-order valence-corrected chi connectivity index (χ4v) is 3.35. The third kappa shape index (κ3) is 3.70. The molecule has 2 atom stereocenters. The summed E-state index contributed by atoms with van der Waals surface area (Å²) in [7, 11) is 3.52. The van der Waals surface area contributed by atoms with E-state index in [2.05, 4.69) is 19.2 Å². The maximum Gasteiger partial charge on any atom is 0.253 e. The second-order valence-electron chi connectivity index (χ2n) is 6.45. The molecule has 116 valence electrons. The van der Waals surface area contributed by atoms with E-state index in [0.717, 1.165) is 5.69 Å². The van der Waals surface area contributed by atoms with Gasteiger partial charge in [0.15, 0.2) is 0 Å². The van der Waals surface area contributed by atoms with E-state index >= 15 is 0 Å². The predicted molar refractivity (Wildman–Crippen MR) is 89.1 cm³/mol.